The molecule has 0 aliphatic carbocycles. The van der Waals surface area contributed by atoms with Crippen molar-refractivity contribution in [2.75, 3.05) is 19.0 Å². The number of nitrogens with zero attached hydrogens (tertiary/aromatic N) is 2. The van der Waals surface area contributed by atoms with Crippen molar-refractivity contribution in [3.05, 3.63) is 53.7 Å². The second kappa shape index (κ2) is 7.34. The summed E-state index contributed by atoms with van der Waals surface area (Å²) in [7, 11) is 1.50. The number of nitrogens with one attached hydrogen (secondary N) is 1. The second-order valence-corrected chi connectivity index (χ2v) is 6.21. The fourth-order valence-corrected chi connectivity index (χ4v) is 2.90. The summed E-state index contributed by atoms with van der Waals surface area (Å²) < 4.78 is 5.14. The number of ether oxygens (including phenoxy) is 1. The van der Waals surface area contributed by atoms with Gasteiger partial charge < -0.3 is 15.0 Å². The Labute approximate surface area is 146 Å². The van der Waals surface area contributed by atoms with Crippen LogP contribution in [0, 0.1) is 12.8 Å². The van der Waals surface area contributed by atoms with Crippen molar-refractivity contribution < 1.29 is 14.3 Å². The number of amides is 2. The molecule has 0 bridgehead atoms. The van der Waals surface area contributed by atoms with Crippen molar-refractivity contribution in [2.24, 2.45) is 5.92 Å². The number of likely N-dealkylation sites (tertiary alicyclic amines) is 1. The molecular formula is C19H21N3O3. The fourth-order valence-electron chi connectivity index (χ4n) is 2.90. The van der Waals surface area contributed by atoms with Gasteiger partial charge in [-0.05, 0) is 24.6 Å². The first kappa shape index (κ1) is 17.0. The van der Waals surface area contributed by atoms with Crippen LogP contribution in [0.3, 0.4) is 0 Å². The fraction of sp³-hybridized carbons (Fsp3) is 0.316. The van der Waals surface area contributed by atoms with E-state index >= 15 is 0 Å². The zero-order chi connectivity index (χ0) is 17.8. The van der Waals surface area contributed by atoms with Gasteiger partial charge in [0.15, 0.2) is 0 Å². The summed E-state index contributed by atoms with van der Waals surface area (Å²) in [5.41, 5.74) is 2.76. The highest BCUT2D eigenvalue weighted by molar-refractivity contribution is 5.97. The molecule has 1 atom stereocenters. The molecule has 0 spiro atoms. The molecule has 0 saturated carbocycles. The smallest absolute Gasteiger partial charge is 0.237 e. The van der Waals surface area contributed by atoms with Crippen molar-refractivity contribution in [2.45, 2.75) is 19.9 Å². The van der Waals surface area contributed by atoms with Gasteiger partial charge in [0, 0.05) is 25.7 Å². The van der Waals surface area contributed by atoms with E-state index in [1.807, 2.05) is 31.2 Å². The molecule has 6 heteroatoms. The minimum absolute atomic E-state index is 0.00104. The minimum atomic E-state index is -0.372. The van der Waals surface area contributed by atoms with Crippen LogP contribution in [0.25, 0.3) is 0 Å². The lowest BCUT2D eigenvalue weighted by Gasteiger charge is -2.17. The molecular weight excluding hydrogens is 318 g/mol. The molecule has 0 radical (unpaired) electrons. The largest absolute Gasteiger partial charge is 0.480 e. The molecule has 1 aliphatic rings. The Morgan fingerprint density at radius 3 is 2.80 bits per heavy atom. The Balaban J connectivity index is 1.63. The number of hydrogen-bond donors (Lipinski definition) is 1. The number of anilines is 1. The molecule has 3 rings (SSSR count). The number of hydrogen-bond acceptors (Lipinski definition) is 4. The molecule has 2 heterocycles. The number of methoxy groups -OCH3 is 1. The summed E-state index contributed by atoms with van der Waals surface area (Å²) in [5.74, 6) is -0.204. The van der Waals surface area contributed by atoms with Crippen LogP contribution in [0.4, 0.5) is 5.69 Å². The zero-order valence-electron chi connectivity index (χ0n) is 14.4. The molecule has 1 aromatic carbocycles. The molecule has 1 N–H and O–H groups in total. The van der Waals surface area contributed by atoms with Crippen molar-refractivity contribution in [3.63, 3.8) is 0 Å². The Morgan fingerprint density at radius 1 is 1.32 bits per heavy atom. The average Bonchev–Trinajstić information content (AvgIpc) is 2.98. The summed E-state index contributed by atoms with van der Waals surface area (Å²) in [6.45, 7) is 2.97. The Morgan fingerprint density at radius 2 is 2.08 bits per heavy atom. The van der Waals surface area contributed by atoms with E-state index in [2.05, 4.69) is 10.3 Å². The zero-order valence-corrected chi connectivity index (χ0v) is 14.4. The number of pyridine rings is 1. The minimum Gasteiger partial charge on any atom is -0.480 e. The monoisotopic (exact) mass is 339 g/mol. The van der Waals surface area contributed by atoms with Gasteiger partial charge in [-0.3, -0.25) is 9.59 Å². The van der Waals surface area contributed by atoms with E-state index < -0.39 is 0 Å². The van der Waals surface area contributed by atoms with E-state index in [0.717, 1.165) is 5.56 Å². The molecule has 130 valence electrons. The number of benzene rings is 1. The Hall–Kier alpha value is -2.89. The van der Waals surface area contributed by atoms with Crippen LogP contribution >= 0.6 is 0 Å². The number of aromatic nitrogens is 1. The molecule has 1 fully saturated rings. The van der Waals surface area contributed by atoms with E-state index in [1.165, 1.54) is 12.7 Å². The lowest BCUT2D eigenvalue weighted by molar-refractivity contribution is -0.128. The molecule has 1 saturated heterocycles. The van der Waals surface area contributed by atoms with Gasteiger partial charge in [-0.1, -0.05) is 29.8 Å². The molecule has 2 aromatic rings. The molecule has 1 aliphatic heterocycles. The highest BCUT2D eigenvalue weighted by Gasteiger charge is 2.34. The van der Waals surface area contributed by atoms with Crippen LogP contribution in [-0.2, 0) is 16.1 Å². The average molecular weight is 339 g/mol. The Kier molecular flexibility index (Phi) is 4.97. The highest BCUT2D eigenvalue weighted by Crippen LogP contribution is 2.25. The predicted octanol–water partition coefficient (Wildman–Crippen LogP) is 2.39. The normalized spacial score (nSPS) is 16.8. The van der Waals surface area contributed by atoms with Crippen LogP contribution in [0.15, 0.2) is 42.6 Å². The van der Waals surface area contributed by atoms with Gasteiger partial charge in [0.05, 0.1) is 13.0 Å². The molecule has 1 unspecified atom stereocenters. The van der Waals surface area contributed by atoms with Gasteiger partial charge in [-0.15, -0.1) is 0 Å². The maximum absolute atomic E-state index is 12.5. The van der Waals surface area contributed by atoms with Gasteiger partial charge in [0.2, 0.25) is 17.7 Å². The van der Waals surface area contributed by atoms with Gasteiger partial charge in [-0.2, -0.15) is 0 Å². The molecule has 1 aromatic heterocycles. The number of rotatable bonds is 5. The van der Waals surface area contributed by atoms with Crippen LogP contribution in [-0.4, -0.2) is 35.4 Å². The maximum Gasteiger partial charge on any atom is 0.237 e. The van der Waals surface area contributed by atoms with Crippen molar-refractivity contribution in [3.8, 4) is 5.88 Å². The summed E-state index contributed by atoms with van der Waals surface area (Å²) in [6.07, 6.45) is 1.82. The molecule has 6 nitrogen and oxygen atoms in total. The predicted molar refractivity (Wildman–Crippen MR) is 94.1 cm³/mol. The summed E-state index contributed by atoms with van der Waals surface area (Å²) >= 11 is 0. The van der Waals surface area contributed by atoms with Gasteiger partial charge >= 0.3 is 0 Å². The topological polar surface area (TPSA) is 71.5 Å². The van der Waals surface area contributed by atoms with E-state index in [0.29, 0.717) is 24.7 Å². The van der Waals surface area contributed by atoms with Gasteiger partial charge in [0.25, 0.3) is 0 Å². The quantitative estimate of drug-likeness (QED) is 0.908. The SMILES string of the molecule is COc1ncccc1NC(=O)C1CC(=O)N(Cc2ccc(C)cc2)C1. The van der Waals surface area contributed by atoms with Crippen LogP contribution < -0.4 is 10.1 Å². The number of carbonyl (C=O) groups is 2. The van der Waals surface area contributed by atoms with Crippen molar-refractivity contribution >= 4 is 17.5 Å². The Bertz CT molecular complexity index is 774. The summed E-state index contributed by atoms with van der Waals surface area (Å²) in [4.78, 5) is 30.5. The van der Waals surface area contributed by atoms with E-state index in [-0.39, 0.29) is 24.2 Å². The summed E-state index contributed by atoms with van der Waals surface area (Å²) in [5, 5.41) is 2.81. The van der Waals surface area contributed by atoms with Crippen LogP contribution in [0.5, 0.6) is 5.88 Å². The molecule has 2 amide bonds. The first-order chi connectivity index (χ1) is 12.1. The molecule has 25 heavy (non-hydrogen) atoms. The van der Waals surface area contributed by atoms with Crippen LogP contribution in [0.2, 0.25) is 0 Å². The number of aryl methyl sites for hydroxylation is 1. The van der Waals surface area contributed by atoms with E-state index in [1.54, 1.807) is 23.2 Å². The van der Waals surface area contributed by atoms with E-state index in [4.69, 9.17) is 4.74 Å². The summed E-state index contributed by atoms with van der Waals surface area (Å²) in [6, 6.07) is 11.5. The lowest BCUT2D eigenvalue weighted by atomic mass is 10.1. The maximum atomic E-state index is 12.5. The second-order valence-electron chi connectivity index (χ2n) is 6.21. The standard InChI is InChI=1S/C19H21N3O3/c1-13-5-7-14(8-6-13)11-22-12-15(10-17(22)23)18(24)21-16-4-3-9-20-19(16)25-2/h3-9,15H,10-12H2,1-2H3,(H,21,24). The third-order valence-corrected chi connectivity index (χ3v) is 4.30. The van der Waals surface area contributed by atoms with Gasteiger partial charge in [0.1, 0.15) is 5.69 Å². The number of carbonyl (C=O) groups excluding carboxylic acids is 2. The highest BCUT2D eigenvalue weighted by atomic mass is 16.5. The first-order valence-electron chi connectivity index (χ1n) is 8.20. The van der Waals surface area contributed by atoms with E-state index in [9.17, 15) is 9.59 Å². The third kappa shape index (κ3) is 3.96. The lowest BCUT2D eigenvalue weighted by Crippen LogP contribution is -2.28. The van der Waals surface area contributed by atoms with Crippen molar-refractivity contribution in [1.29, 1.82) is 0 Å². The van der Waals surface area contributed by atoms with Gasteiger partial charge in [-0.25, -0.2) is 4.98 Å². The van der Waals surface area contributed by atoms with Crippen LogP contribution in [0.1, 0.15) is 17.5 Å². The first-order valence-corrected chi connectivity index (χ1v) is 8.20. The third-order valence-electron chi connectivity index (χ3n) is 4.30. The van der Waals surface area contributed by atoms with Crippen molar-refractivity contribution in [1.82, 2.24) is 9.88 Å².